The normalized spacial score (nSPS) is 12.0. The molecule has 0 radical (unpaired) electrons. The highest BCUT2D eigenvalue weighted by Crippen LogP contribution is 2.27. The molecule has 0 aliphatic heterocycles. The minimum absolute atomic E-state index is 0.347. The third-order valence-electron chi connectivity index (χ3n) is 2.47. The number of anilines is 1. The van der Waals surface area contributed by atoms with Crippen molar-refractivity contribution in [3.05, 3.63) is 28.5 Å². The lowest BCUT2D eigenvalue weighted by Crippen LogP contribution is -2.30. The highest BCUT2D eigenvalue weighted by molar-refractivity contribution is 9.10. The van der Waals surface area contributed by atoms with Gasteiger partial charge in [-0.25, -0.2) is 4.39 Å². The van der Waals surface area contributed by atoms with E-state index in [0.29, 0.717) is 15.4 Å². The Morgan fingerprint density at radius 2 is 2.32 bits per heavy atom. The molecule has 0 aliphatic carbocycles. The zero-order valence-electron chi connectivity index (χ0n) is 11.8. The number of carbonyl (C=O) groups excluding carboxylic acids is 1. The van der Waals surface area contributed by atoms with Gasteiger partial charge in [-0.3, -0.25) is 10.1 Å². The third kappa shape index (κ3) is 4.65. The van der Waals surface area contributed by atoms with E-state index in [1.807, 2.05) is 6.92 Å². The number of rotatable bonds is 6. The summed E-state index contributed by atoms with van der Waals surface area (Å²) < 4.78 is 19.8. The van der Waals surface area contributed by atoms with Crippen molar-refractivity contribution >= 4 is 50.1 Å². The summed E-state index contributed by atoms with van der Waals surface area (Å²) in [6.45, 7) is 3.62. The Kier molecular flexibility index (Phi) is 6.16. The Balaban J connectivity index is 1.96. The molecule has 22 heavy (non-hydrogen) atoms. The van der Waals surface area contributed by atoms with Crippen LogP contribution in [0.1, 0.15) is 13.8 Å². The molecular formula is C13H13BrFN3O2S2. The van der Waals surface area contributed by atoms with Gasteiger partial charge in [-0.1, -0.05) is 30.0 Å². The molecule has 2 aromatic rings. The molecule has 0 bridgehead atoms. The Morgan fingerprint density at radius 3 is 3.00 bits per heavy atom. The van der Waals surface area contributed by atoms with E-state index in [-0.39, 0.29) is 11.7 Å². The first-order valence-corrected chi connectivity index (χ1v) is 8.98. The number of hydrogen-bond acceptors (Lipinski definition) is 6. The summed E-state index contributed by atoms with van der Waals surface area (Å²) >= 11 is 6.06. The second-order valence-electron chi connectivity index (χ2n) is 4.13. The standard InChI is InChI=1S/C13H13BrFN3O2S2/c1-3-21-13-18-17-12(22-13)16-11(19)7(2)20-10-5-4-8(15)6-9(10)14/h4-7H,3H2,1-2H3,(H,16,17,19). The van der Waals surface area contributed by atoms with Crippen molar-refractivity contribution in [3.63, 3.8) is 0 Å². The summed E-state index contributed by atoms with van der Waals surface area (Å²) in [5.74, 6) is 0.552. The van der Waals surface area contributed by atoms with E-state index in [1.165, 1.54) is 29.5 Å². The number of thioether (sulfide) groups is 1. The maximum Gasteiger partial charge on any atom is 0.266 e. The maximum absolute atomic E-state index is 13.0. The highest BCUT2D eigenvalue weighted by atomic mass is 79.9. The number of aromatic nitrogens is 2. The number of ether oxygens (including phenoxy) is 1. The van der Waals surface area contributed by atoms with Crippen molar-refractivity contribution in [3.8, 4) is 5.75 Å². The zero-order valence-corrected chi connectivity index (χ0v) is 15.0. The molecule has 5 nitrogen and oxygen atoms in total. The van der Waals surface area contributed by atoms with Crippen LogP contribution in [0.4, 0.5) is 9.52 Å². The lowest BCUT2D eigenvalue weighted by molar-refractivity contribution is -0.122. The molecule has 1 aromatic heterocycles. The third-order valence-corrected chi connectivity index (χ3v) is 4.95. The van der Waals surface area contributed by atoms with E-state index in [2.05, 4.69) is 31.4 Å². The van der Waals surface area contributed by atoms with E-state index in [1.54, 1.807) is 18.7 Å². The quantitative estimate of drug-likeness (QED) is 0.581. The van der Waals surface area contributed by atoms with Crippen LogP contribution in [0.25, 0.3) is 0 Å². The summed E-state index contributed by atoms with van der Waals surface area (Å²) in [4.78, 5) is 12.1. The Morgan fingerprint density at radius 1 is 1.55 bits per heavy atom. The smallest absolute Gasteiger partial charge is 0.266 e. The molecule has 0 saturated carbocycles. The van der Waals surface area contributed by atoms with Gasteiger partial charge in [0.1, 0.15) is 11.6 Å². The van der Waals surface area contributed by atoms with Crippen LogP contribution in [0.15, 0.2) is 27.0 Å². The second kappa shape index (κ2) is 7.89. The predicted octanol–water partition coefficient (Wildman–Crippen LogP) is 3.96. The van der Waals surface area contributed by atoms with Gasteiger partial charge in [0.2, 0.25) is 5.13 Å². The molecule has 9 heteroatoms. The molecule has 0 spiro atoms. The van der Waals surface area contributed by atoms with Crippen LogP contribution < -0.4 is 10.1 Å². The molecule has 1 heterocycles. The Labute approximate surface area is 143 Å². The molecule has 1 atom stereocenters. The van der Waals surface area contributed by atoms with Crippen molar-refractivity contribution in [2.45, 2.75) is 24.3 Å². The zero-order chi connectivity index (χ0) is 16.1. The van der Waals surface area contributed by atoms with Crippen LogP contribution in [0, 0.1) is 5.82 Å². The average Bonchev–Trinajstić information content (AvgIpc) is 2.89. The number of carbonyl (C=O) groups is 1. The van der Waals surface area contributed by atoms with Crippen LogP contribution in [0.3, 0.4) is 0 Å². The largest absolute Gasteiger partial charge is 0.480 e. The van der Waals surface area contributed by atoms with Gasteiger partial charge in [0.05, 0.1) is 4.47 Å². The number of hydrogen-bond donors (Lipinski definition) is 1. The fourth-order valence-electron chi connectivity index (χ4n) is 1.46. The van der Waals surface area contributed by atoms with Crippen molar-refractivity contribution < 1.29 is 13.9 Å². The van der Waals surface area contributed by atoms with Gasteiger partial charge >= 0.3 is 0 Å². The van der Waals surface area contributed by atoms with Crippen molar-refractivity contribution in [2.75, 3.05) is 11.1 Å². The SMILES string of the molecule is CCSc1nnc(NC(=O)C(C)Oc2ccc(F)cc2Br)s1. The van der Waals surface area contributed by atoms with Crippen LogP contribution in [-0.4, -0.2) is 28.0 Å². The maximum atomic E-state index is 13.0. The molecule has 0 saturated heterocycles. The molecule has 0 aliphatic rings. The predicted molar refractivity (Wildman–Crippen MR) is 89.1 cm³/mol. The second-order valence-corrected chi connectivity index (χ2v) is 7.47. The molecule has 1 N–H and O–H groups in total. The fourth-order valence-corrected chi connectivity index (χ4v) is 3.56. The summed E-state index contributed by atoms with van der Waals surface area (Å²) in [5.41, 5.74) is 0. The molecule has 1 amide bonds. The van der Waals surface area contributed by atoms with Crippen LogP contribution in [0.5, 0.6) is 5.75 Å². The van der Waals surface area contributed by atoms with Crippen LogP contribution in [0.2, 0.25) is 0 Å². The van der Waals surface area contributed by atoms with E-state index in [0.717, 1.165) is 10.1 Å². The number of halogens is 2. The Bertz CT molecular complexity index is 668. The first kappa shape index (κ1) is 17.2. The number of benzene rings is 1. The minimum Gasteiger partial charge on any atom is -0.480 e. The Hall–Kier alpha value is -1.19. The summed E-state index contributed by atoms with van der Waals surface area (Å²) in [7, 11) is 0. The topological polar surface area (TPSA) is 64.1 Å². The van der Waals surface area contributed by atoms with Gasteiger partial charge in [-0.15, -0.1) is 10.2 Å². The van der Waals surface area contributed by atoms with Gasteiger partial charge in [0, 0.05) is 0 Å². The molecule has 118 valence electrons. The number of nitrogens with one attached hydrogen (secondary N) is 1. The van der Waals surface area contributed by atoms with Crippen molar-refractivity contribution in [1.82, 2.24) is 10.2 Å². The molecule has 1 aromatic carbocycles. The molecule has 1 unspecified atom stereocenters. The first-order chi connectivity index (χ1) is 10.5. The lowest BCUT2D eigenvalue weighted by atomic mass is 10.3. The number of nitrogens with zero attached hydrogens (tertiary/aromatic N) is 2. The van der Waals surface area contributed by atoms with Crippen LogP contribution in [-0.2, 0) is 4.79 Å². The number of amides is 1. The van der Waals surface area contributed by atoms with Crippen molar-refractivity contribution in [2.24, 2.45) is 0 Å². The minimum atomic E-state index is -0.757. The van der Waals surface area contributed by atoms with Gasteiger partial charge in [0.25, 0.3) is 5.91 Å². The van der Waals surface area contributed by atoms with E-state index >= 15 is 0 Å². The van der Waals surface area contributed by atoms with Gasteiger partial charge in [-0.05, 0) is 46.8 Å². The molecular weight excluding hydrogens is 393 g/mol. The van der Waals surface area contributed by atoms with E-state index in [4.69, 9.17) is 4.74 Å². The van der Waals surface area contributed by atoms with Gasteiger partial charge < -0.3 is 4.74 Å². The van der Waals surface area contributed by atoms with Crippen LogP contribution >= 0.6 is 39.0 Å². The van der Waals surface area contributed by atoms with E-state index in [9.17, 15) is 9.18 Å². The lowest BCUT2D eigenvalue weighted by Gasteiger charge is -2.14. The average molecular weight is 406 g/mol. The molecule has 0 fully saturated rings. The monoisotopic (exact) mass is 405 g/mol. The summed E-state index contributed by atoms with van der Waals surface area (Å²) in [6, 6.07) is 4.01. The first-order valence-electron chi connectivity index (χ1n) is 6.38. The summed E-state index contributed by atoms with van der Waals surface area (Å²) in [5, 5.41) is 10.9. The van der Waals surface area contributed by atoms with E-state index < -0.39 is 6.10 Å². The molecule has 2 rings (SSSR count). The van der Waals surface area contributed by atoms with Gasteiger partial charge in [0.15, 0.2) is 10.4 Å². The van der Waals surface area contributed by atoms with Crippen molar-refractivity contribution in [1.29, 1.82) is 0 Å². The fraction of sp³-hybridized carbons (Fsp3) is 0.308. The highest BCUT2D eigenvalue weighted by Gasteiger charge is 2.18. The summed E-state index contributed by atoms with van der Waals surface area (Å²) in [6.07, 6.45) is -0.757. The van der Waals surface area contributed by atoms with Gasteiger partial charge in [-0.2, -0.15) is 0 Å².